The second kappa shape index (κ2) is 7.68. The summed E-state index contributed by atoms with van der Waals surface area (Å²) in [6.45, 7) is 2.71. The maximum atomic E-state index is 12.1. The average molecular weight is 270 g/mol. The molecular formula is C18H22O2. The fourth-order valence-electron chi connectivity index (χ4n) is 2.35. The SMILES string of the molecule is CCCCCCCOC(=O)c1cccc2ccccc12. The molecule has 2 heteroatoms. The molecular weight excluding hydrogens is 248 g/mol. The number of unbranched alkanes of at least 4 members (excludes halogenated alkanes) is 4. The molecule has 0 spiro atoms. The van der Waals surface area contributed by atoms with Gasteiger partial charge in [0.1, 0.15) is 0 Å². The molecule has 0 saturated carbocycles. The number of fused-ring (bicyclic) bond motifs is 1. The molecule has 0 N–H and O–H groups in total. The number of carbonyl (C=O) groups excluding carboxylic acids is 1. The second-order valence-corrected chi connectivity index (χ2v) is 5.08. The number of rotatable bonds is 7. The average Bonchev–Trinajstić information content (AvgIpc) is 2.50. The number of benzene rings is 2. The van der Waals surface area contributed by atoms with E-state index in [1.54, 1.807) is 0 Å². The standard InChI is InChI=1S/C18H22O2/c1-2-3-4-5-8-14-20-18(19)17-13-9-11-15-10-6-7-12-16(15)17/h6-7,9-13H,2-5,8,14H2,1H3. The van der Waals surface area contributed by atoms with E-state index in [0.717, 1.165) is 23.6 Å². The van der Waals surface area contributed by atoms with Gasteiger partial charge in [-0.1, -0.05) is 69.0 Å². The van der Waals surface area contributed by atoms with Crippen molar-refractivity contribution in [3.8, 4) is 0 Å². The summed E-state index contributed by atoms with van der Waals surface area (Å²) in [5.74, 6) is -0.211. The summed E-state index contributed by atoms with van der Waals surface area (Å²) in [5.41, 5.74) is 0.664. The summed E-state index contributed by atoms with van der Waals surface area (Å²) < 4.78 is 5.38. The Bertz CT molecular complexity index is 555. The van der Waals surface area contributed by atoms with Crippen LogP contribution in [0.1, 0.15) is 49.4 Å². The van der Waals surface area contributed by atoms with Crippen molar-refractivity contribution >= 4 is 16.7 Å². The first kappa shape index (κ1) is 14.6. The van der Waals surface area contributed by atoms with Crippen LogP contribution >= 0.6 is 0 Å². The Morgan fingerprint density at radius 1 is 0.950 bits per heavy atom. The van der Waals surface area contributed by atoms with Crippen LogP contribution in [-0.4, -0.2) is 12.6 Å². The second-order valence-electron chi connectivity index (χ2n) is 5.08. The molecule has 0 aliphatic heterocycles. The summed E-state index contributed by atoms with van der Waals surface area (Å²) in [5, 5.41) is 2.04. The van der Waals surface area contributed by atoms with E-state index in [1.165, 1.54) is 19.3 Å². The van der Waals surface area contributed by atoms with Crippen molar-refractivity contribution in [3.63, 3.8) is 0 Å². The van der Waals surface area contributed by atoms with Gasteiger partial charge in [-0.05, 0) is 23.3 Å². The Hall–Kier alpha value is -1.83. The minimum atomic E-state index is -0.211. The zero-order valence-electron chi connectivity index (χ0n) is 12.1. The van der Waals surface area contributed by atoms with Gasteiger partial charge in [0.25, 0.3) is 0 Å². The van der Waals surface area contributed by atoms with Gasteiger partial charge < -0.3 is 4.74 Å². The van der Waals surface area contributed by atoms with Crippen molar-refractivity contribution in [2.24, 2.45) is 0 Å². The molecule has 0 aliphatic carbocycles. The highest BCUT2D eigenvalue weighted by Crippen LogP contribution is 2.19. The van der Waals surface area contributed by atoms with Crippen molar-refractivity contribution < 1.29 is 9.53 Å². The first-order chi connectivity index (χ1) is 9.83. The number of ether oxygens (including phenoxy) is 1. The van der Waals surface area contributed by atoms with Crippen LogP contribution in [0, 0.1) is 0 Å². The van der Waals surface area contributed by atoms with Crippen molar-refractivity contribution in [1.82, 2.24) is 0 Å². The third kappa shape index (κ3) is 3.83. The molecule has 20 heavy (non-hydrogen) atoms. The Morgan fingerprint density at radius 3 is 2.55 bits per heavy atom. The molecule has 0 aromatic heterocycles. The molecule has 0 heterocycles. The smallest absolute Gasteiger partial charge is 0.338 e. The molecule has 0 amide bonds. The highest BCUT2D eigenvalue weighted by atomic mass is 16.5. The van der Waals surface area contributed by atoms with Crippen LogP contribution in [0.4, 0.5) is 0 Å². The summed E-state index contributed by atoms with van der Waals surface area (Å²) in [4.78, 5) is 12.1. The van der Waals surface area contributed by atoms with Crippen LogP contribution in [0.25, 0.3) is 10.8 Å². The van der Waals surface area contributed by atoms with E-state index >= 15 is 0 Å². The Morgan fingerprint density at radius 2 is 1.70 bits per heavy atom. The van der Waals surface area contributed by atoms with Crippen LogP contribution in [-0.2, 0) is 4.74 Å². The van der Waals surface area contributed by atoms with Crippen LogP contribution < -0.4 is 0 Å². The van der Waals surface area contributed by atoms with Gasteiger partial charge in [-0.25, -0.2) is 4.79 Å². The molecule has 0 unspecified atom stereocenters. The lowest BCUT2D eigenvalue weighted by Crippen LogP contribution is -2.07. The van der Waals surface area contributed by atoms with Crippen molar-refractivity contribution in [3.05, 3.63) is 48.0 Å². The van der Waals surface area contributed by atoms with Crippen molar-refractivity contribution in [2.45, 2.75) is 39.0 Å². The lowest BCUT2D eigenvalue weighted by Gasteiger charge is -2.07. The minimum Gasteiger partial charge on any atom is -0.462 e. The first-order valence-electron chi connectivity index (χ1n) is 7.48. The summed E-state index contributed by atoms with van der Waals surface area (Å²) >= 11 is 0. The Balaban J connectivity index is 1.91. The maximum absolute atomic E-state index is 12.1. The molecule has 2 aromatic carbocycles. The third-order valence-corrected chi connectivity index (χ3v) is 3.49. The Kier molecular flexibility index (Phi) is 5.60. The third-order valence-electron chi connectivity index (χ3n) is 3.49. The molecule has 0 atom stereocenters. The van der Waals surface area contributed by atoms with Crippen LogP contribution in [0.3, 0.4) is 0 Å². The molecule has 0 saturated heterocycles. The van der Waals surface area contributed by atoms with Gasteiger partial charge in [-0.3, -0.25) is 0 Å². The Labute approximate surface area is 120 Å². The largest absolute Gasteiger partial charge is 0.462 e. The van der Waals surface area contributed by atoms with E-state index in [9.17, 15) is 4.79 Å². The van der Waals surface area contributed by atoms with Crippen LogP contribution in [0.5, 0.6) is 0 Å². The van der Waals surface area contributed by atoms with E-state index in [1.807, 2.05) is 42.5 Å². The maximum Gasteiger partial charge on any atom is 0.338 e. The van der Waals surface area contributed by atoms with Crippen LogP contribution in [0.2, 0.25) is 0 Å². The van der Waals surface area contributed by atoms with E-state index in [0.29, 0.717) is 12.2 Å². The predicted molar refractivity (Wildman–Crippen MR) is 83.0 cm³/mol. The van der Waals surface area contributed by atoms with Gasteiger partial charge in [-0.15, -0.1) is 0 Å². The van der Waals surface area contributed by atoms with E-state index in [2.05, 4.69) is 6.92 Å². The fraction of sp³-hybridized carbons (Fsp3) is 0.389. The summed E-state index contributed by atoms with van der Waals surface area (Å²) in [6.07, 6.45) is 5.81. The normalized spacial score (nSPS) is 10.7. The number of hydrogen-bond donors (Lipinski definition) is 0. The van der Waals surface area contributed by atoms with Gasteiger partial charge in [0, 0.05) is 0 Å². The lowest BCUT2D eigenvalue weighted by atomic mass is 10.0. The molecule has 0 aliphatic rings. The van der Waals surface area contributed by atoms with Crippen molar-refractivity contribution in [1.29, 1.82) is 0 Å². The number of esters is 1. The molecule has 2 aromatic rings. The summed E-state index contributed by atoms with van der Waals surface area (Å²) in [7, 11) is 0. The van der Waals surface area contributed by atoms with E-state index in [-0.39, 0.29) is 5.97 Å². The molecule has 2 rings (SSSR count). The molecule has 0 radical (unpaired) electrons. The van der Waals surface area contributed by atoms with Gasteiger partial charge in [0.05, 0.1) is 12.2 Å². The van der Waals surface area contributed by atoms with Crippen LogP contribution in [0.15, 0.2) is 42.5 Å². The highest BCUT2D eigenvalue weighted by Gasteiger charge is 2.10. The van der Waals surface area contributed by atoms with Gasteiger partial charge in [-0.2, -0.15) is 0 Å². The highest BCUT2D eigenvalue weighted by molar-refractivity contribution is 6.04. The zero-order chi connectivity index (χ0) is 14.2. The fourth-order valence-corrected chi connectivity index (χ4v) is 2.35. The number of carbonyl (C=O) groups is 1. The topological polar surface area (TPSA) is 26.3 Å². The van der Waals surface area contributed by atoms with Crippen molar-refractivity contribution in [2.75, 3.05) is 6.61 Å². The summed E-state index contributed by atoms with van der Waals surface area (Å²) in [6, 6.07) is 13.7. The molecule has 106 valence electrons. The molecule has 0 bridgehead atoms. The van der Waals surface area contributed by atoms with E-state index < -0.39 is 0 Å². The van der Waals surface area contributed by atoms with E-state index in [4.69, 9.17) is 4.74 Å². The van der Waals surface area contributed by atoms with Gasteiger partial charge in [0.15, 0.2) is 0 Å². The monoisotopic (exact) mass is 270 g/mol. The predicted octanol–water partition coefficient (Wildman–Crippen LogP) is 4.97. The minimum absolute atomic E-state index is 0.211. The first-order valence-corrected chi connectivity index (χ1v) is 7.48. The van der Waals surface area contributed by atoms with Gasteiger partial charge >= 0.3 is 5.97 Å². The number of hydrogen-bond acceptors (Lipinski definition) is 2. The molecule has 0 fully saturated rings. The lowest BCUT2D eigenvalue weighted by molar-refractivity contribution is 0.0500. The van der Waals surface area contributed by atoms with Gasteiger partial charge in [0.2, 0.25) is 0 Å². The molecule has 2 nitrogen and oxygen atoms in total. The quantitative estimate of drug-likeness (QED) is 0.524. The zero-order valence-corrected chi connectivity index (χ0v) is 12.1.